The molecule has 0 aliphatic rings. The van der Waals surface area contributed by atoms with Gasteiger partial charge in [-0.1, -0.05) is 37.6 Å². The van der Waals surface area contributed by atoms with Gasteiger partial charge in [0.25, 0.3) is 0 Å². The maximum absolute atomic E-state index is 10.8. The first-order valence-corrected chi connectivity index (χ1v) is 7.57. The highest BCUT2D eigenvalue weighted by atomic mass is 35.5. The van der Waals surface area contributed by atoms with Crippen LogP contribution in [0.4, 0.5) is 0 Å². The predicted molar refractivity (Wildman–Crippen MR) is 87.3 cm³/mol. The normalized spacial score (nSPS) is 10.6. The number of rotatable bonds is 7. The molecule has 0 saturated carbocycles. The van der Waals surface area contributed by atoms with E-state index in [1.165, 1.54) is 12.1 Å². The Balaban J connectivity index is 1.95. The van der Waals surface area contributed by atoms with E-state index < -0.39 is 5.97 Å². The number of carbonyl (C=O) groups is 1. The summed E-state index contributed by atoms with van der Waals surface area (Å²) in [6.45, 7) is 4.93. The molecule has 0 spiro atoms. The summed E-state index contributed by atoms with van der Waals surface area (Å²) in [5.41, 5.74) is 1.09. The summed E-state index contributed by atoms with van der Waals surface area (Å²) in [4.78, 5) is 14.9. The minimum absolute atomic E-state index is 0.241. The average Bonchev–Trinajstić information content (AvgIpc) is 2.52. The van der Waals surface area contributed by atoms with Crippen LogP contribution >= 0.6 is 11.6 Å². The third-order valence-electron chi connectivity index (χ3n) is 2.94. The number of pyridine rings is 1. The van der Waals surface area contributed by atoms with E-state index in [0.717, 1.165) is 5.56 Å². The van der Waals surface area contributed by atoms with Gasteiger partial charge in [0, 0.05) is 6.07 Å². The fourth-order valence-electron chi connectivity index (χ4n) is 1.75. The number of hydrogen-bond donors (Lipinski definition) is 1. The summed E-state index contributed by atoms with van der Waals surface area (Å²) in [7, 11) is 0. The van der Waals surface area contributed by atoms with Gasteiger partial charge in [0.15, 0.2) is 0 Å². The highest BCUT2D eigenvalue weighted by Crippen LogP contribution is 2.26. The summed E-state index contributed by atoms with van der Waals surface area (Å²) in [6, 6.07) is 8.14. The topological polar surface area (TPSA) is 68.7 Å². The number of aromatic carboxylic acids is 1. The summed E-state index contributed by atoms with van der Waals surface area (Å²) in [6.07, 6.45) is 1.55. The van der Waals surface area contributed by atoms with Crippen LogP contribution in [0.15, 0.2) is 36.5 Å². The predicted octanol–water partition coefficient (Wildman–Crippen LogP) is 4.05. The first-order valence-electron chi connectivity index (χ1n) is 7.19. The van der Waals surface area contributed by atoms with Crippen molar-refractivity contribution in [1.82, 2.24) is 4.98 Å². The maximum Gasteiger partial charge on any atom is 0.335 e. The highest BCUT2D eigenvalue weighted by molar-refractivity contribution is 6.31. The van der Waals surface area contributed by atoms with E-state index in [0.29, 0.717) is 35.8 Å². The minimum atomic E-state index is -0.953. The van der Waals surface area contributed by atoms with Crippen molar-refractivity contribution in [2.24, 2.45) is 5.92 Å². The van der Waals surface area contributed by atoms with E-state index in [1.807, 2.05) is 13.8 Å². The summed E-state index contributed by atoms with van der Waals surface area (Å²) < 4.78 is 11.1. The van der Waals surface area contributed by atoms with E-state index in [2.05, 4.69) is 4.98 Å². The molecule has 0 radical (unpaired) electrons. The third-order valence-corrected chi connectivity index (χ3v) is 3.21. The van der Waals surface area contributed by atoms with Gasteiger partial charge in [0.2, 0.25) is 5.88 Å². The van der Waals surface area contributed by atoms with Gasteiger partial charge in [-0.25, -0.2) is 9.78 Å². The SMILES string of the molecule is CC(C)COc1ncc(OCc2ccc(C(=O)O)cc2)cc1Cl. The smallest absolute Gasteiger partial charge is 0.335 e. The molecular formula is C17H18ClNO4. The van der Waals surface area contributed by atoms with Gasteiger partial charge >= 0.3 is 5.97 Å². The average molecular weight is 336 g/mol. The molecule has 1 aromatic heterocycles. The standard InChI is InChI=1S/C17H18ClNO4/c1-11(2)9-23-16-15(18)7-14(8-19-16)22-10-12-3-5-13(6-4-12)17(20)21/h3-8,11H,9-10H2,1-2H3,(H,20,21). The zero-order valence-electron chi connectivity index (χ0n) is 13.0. The Morgan fingerprint density at radius 1 is 1.26 bits per heavy atom. The number of halogens is 1. The van der Waals surface area contributed by atoms with Crippen LogP contribution in [-0.2, 0) is 6.61 Å². The van der Waals surface area contributed by atoms with E-state index >= 15 is 0 Å². The lowest BCUT2D eigenvalue weighted by Crippen LogP contribution is -2.06. The Hall–Kier alpha value is -2.27. The Morgan fingerprint density at radius 2 is 1.96 bits per heavy atom. The lowest BCUT2D eigenvalue weighted by atomic mass is 10.1. The summed E-state index contributed by atoms with van der Waals surface area (Å²) >= 11 is 6.12. The van der Waals surface area contributed by atoms with Crippen LogP contribution in [0.1, 0.15) is 29.8 Å². The van der Waals surface area contributed by atoms with E-state index in [1.54, 1.807) is 24.4 Å². The van der Waals surface area contributed by atoms with E-state index in [9.17, 15) is 4.79 Å². The minimum Gasteiger partial charge on any atom is -0.487 e. The van der Waals surface area contributed by atoms with Crippen LogP contribution in [0, 0.1) is 5.92 Å². The van der Waals surface area contributed by atoms with Crippen LogP contribution < -0.4 is 9.47 Å². The first kappa shape index (κ1) is 17.1. The highest BCUT2D eigenvalue weighted by Gasteiger charge is 2.07. The van der Waals surface area contributed by atoms with Crippen molar-refractivity contribution in [2.45, 2.75) is 20.5 Å². The fourth-order valence-corrected chi connectivity index (χ4v) is 1.96. The van der Waals surface area contributed by atoms with Gasteiger partial charge in [-0.15, -0.1) is 0 Å². The molecule has 0 aliphatic carbocycles. The van der Waals surface area contributed by atoms with Crippen molar-refractivity contribution in [1.29, 1.82) is 0 Å². The van der Waals surface area contributed by atoms with Crippen molar-refractivity contribution < 1.29 is 19.4 Å². The maximum atomic E-state index is 10.8. The van der Waals surface area contributed by atoms with Crippen molar-refractivity contribution in [3.8, 4) is 11.6 Å². The molecule has 0 fully saturated rings. The van der Waals surface area contributed by atoms with Crippen LogP contribution in [0.25, 0.3) is 0 Å². The van der Waals surface area contributed by atoms with Crippen molar-refractivity contribution in [3.63, 3.8) is 0 Å². The molecule has 0 aliphatic heterocycles. The molecule has 23 heavy (non-hydrogen) atoms. The van der Waals surface area contributed by atoms with Gasteiger partial charge < -0.3 is 14.6 Å². The van der Waals surface area contributed by atoms with Crippen LogP contribution in [-0.4, -0.2) is 22.7 Å². The summed E-state index contributed by atoms with van der Waals surface area (Å²) in [5, 5.41) is 9.24. The number of hydrogen-bond acceptors (Lipinski definition) is 4. The fraction of sp³-hybridized carbons (Fsp3) is 0.294. The number of aromatic nitrogens is 1. The molecule has 5 nitrogen and oxygen atoms in total. The van der Waals surface area contributed by atoms with Crippen LogP contribution in [0.2, 0.25) is 5.02 Å². The molecule has 1 aromatic carbocycles. The molecular weight excluding hydrogens is 318 g/mol. The van der Waals surface area contributed by atoms with E-state index in [-0.39, 0.29) is 5.56 Å². The Bertz CT molecular complexity index is 671. The molecule has 122 valence electrons. The van der Waals surface area contributed by atoms with Crippen LogP contribution in [0.3, 0.4) is 0 Å². The van der Waals surface area contributed by atoms with Crippen LogP contribution in [0.5, 0.6) is 11.6 Å². The molecule has 2 aromatic rings. The largest absolute Gasteiger partial charge is 0.487 e. The number of ether oxygens (including phenoxy) is 2. The Labute approximate surface area is 139 Å². The number of benzene rings is 1. The molecule has 6 heteroatoms. The zero-order valence-corrected chi connectivity index (χ0v) is 13.7. The molecule has 1 N–H and O–H groups in total. The lowest BCUT2D eigenvalue weighted by Gasteiger charge is -2.11. The Morgan fingerprint density at radius 3 is 2.52 bits per heavy atom. The van der Waals surface area contributed by atoms with Gasteiger partial charge in [0.05, 0.1) is 18.4 Å². The molecule has 0 bridgehead atoms. The summed E-state index contributed by atoms with van der Waals surface area (Å²) in [5.74, 6) is 0.343. The number of carboxylic acids is 1. The monoisotopic (exact) mass is 335 g/mol. The Kier molecular flexibility index (Phi) is 5.82. The molecule has 0 saturated heterocycles. The van der Waals surface area contributed by atoms with Gasteiger partial charge in [-0.2, -0.15) is 0 Å². The molecule has 0 atom stereocenters. The lowest BCUT2D eigenvalue weighted by molar-refractivity contribution is 0.0697. The van der Waals surface area contributed by atoms with Gasteiger partial charge in [-0.3, -0.25) is 0 Å². The second-order valence-corrected chi connectivity index (χ2v) is 5.86. The van der Waals surface area contributed by atoms with Gasteiger partial charge in [-0.05, 0) is 23.6 Å². The second kappa shape index (κ2) is 7.83. The quantitative estimate of drug-likeness (QED) is 0.826. The second-order valence-electron chi connectivity index (χ2n) is 5.45. The first-order chi connectivity index (χ1) is 11.0. The zero-order chi connectivity index (χ0) is 16.8. The molecule has 0 amide bonds. The molecule has 2 rings (SSSR count). The number of nitrogens with zero attached hydrogens (tertiary/aromatic N) is 1. The van der Waals surface area contributed by atoms with Crippen molar-refractivity contribution in [3.05, 3.63) is 52.7 Å². The van der Waals surface area contributed by atoms with Gasteiger partial charge in [0.1, 0.15) is 17.4 Å². The van der Waals surface area contributed by atoms with Crippen molar-refractivity contribution >= 4 is 17.6 Å². The van der Waals surface area contributed by atoms with E-state index in [4.69, 9.17) is 26.2 Å². The molecule has 1 heterocycles. The van der Waals surface area contributed by atoms with Crippen molar-refractivity contribution in [2.75, 3.05) is 6.61 Å². The third kappa shape index (κ3) is 5.14. The number of carboxylic acid groups (broad SMARTS) is 1. The molecule has 0 unspecified atom stereocenters.